The minimum Gasteiger partial charge on any atom is -0.497 e. The predicted octanol–water partition coefficient (Wildman–Crippen LogP) is 9.33. The van der Waals surface area contributed by atoms with Crippen LogP contribution in [0.1, 0.15) is 64.3 Å². The summed E-state index contributed by atoms with van der Waals surface area (Å²) in [6, 6.07) is 21.2. The molecule has 0 amide bonds. The zero-order chi connectivity index (χ0) is 27.4. The van der Waals surface area contributed by atoms with E-state index in [1.165, 1.54) is 6.07 Å². The molecule has 0 saturated heterocycles. The van der Waals surface area contributed by atoms with E-state index in [2.05, 4.69) is 72.8 Å². The molecule has 0 spiro atoms. The first-order valence-electron chi connectivity index (χ1n) is 13.0. The Kier molecular flexibility index (Phi) is 9.04. The summed E-state index contributed by atoms with van der Waals surface area (Å²) >= 11 is 0. The first kappa shape index (κ1) is 29.1. The maximum absolute atomic E-state index is 15.2. The second kappa shape index (κ2) is 11.5. The highest BCUT2D eigenvalue weighted by Gasteiger charge is 2.37. The van der Waals surface area contributed by atoms with Crippen LogP contribution in [-0.2, 0) is 22.4 Å². The second-order valence-corrected chi connectivity index (χ2v) is 17.2. The fourth-order valence-electron chi connectivity index (χ4n) is 4.04. The van der Waals surface area contributed by atoms with Crippen molar-refractivity contribution in [2.75, 3.05) is 7.11 Å². The Hall–Kier alpha value is -2.47. The lowest BCUT2D eigenvalue weighted by Gasteiger charge is -2.36. The first-order chi connectivity index (χ1) is 17.2. The van der Waals surface area contributed by atoms with Gasteiger partial charge in [0.2, 0.25) is 0 Å². The van der Waals surface area contributed by atoms with Crippen LogP contribution in [0.15, 0.2) is 66.7 Å². The SMILES string of the molecule is COc1ccc(F)c(-c2ccc(CO[Si](C)(C)C(C)(C)C)cc2[C@@H](OCc2ccccc2)C(C)(C)C)c1. The van der Waals surface area contributed by atoms with E-state index in [1.54, 1.807) is 19.2 Å². The van der Waals surface area contributed by atoms with E-state index in [0.717, 1.165) is 22.3 Å². The van der Waals surface area contributed by atoms with E-state index >= 15 is 4.39 Å². The van der Waals surface area contributed by atoms with Gasteiger partial charge in [0.1, 0.15) is 11.6 Å². The molecular formula is C32H43FO3Si. The van der Waals surface area contributed by atoms with Crippen molar-refractivity contribution in [2.24, 2.45) is 5.41 Å². The minimum absolute atomic E-state index is 0.117. The van der Waals surface area contributed by atoms with Gasteiger partial charge in [-0.3, -0.25) is 0 Å². The lowest BCUT2D eigenvalue weighted by molar-refractivity contribution is -0.0301. The molecule has 0 N–H and O–H groups in total. The molecule has 5 heteroatoms. The third-order valence-corrected chi connectivity index (χ3v) is 11.8. The minimum atomic E-state index is -1.93. The number of hydrogen-bond donors (Lipinski definition) is 0. The second-order valence-electron chi connectivity index (χ2n) is 12.4. The molecule has 0 radical (unpaired) electrons. The molecule has 3 aromatic carbocycles. The van der Waals surface area contributed by atoms with Crippen molar-refractivity contribution in [1.82, 2.24) is 0 Å². The monoisotopic (exact) mass is 522 g/mol. The average Bonchev–Trinajstić information content (AvgIpc) is 2.83. The van der Waals surface area contributed by atoms with Gasteiger partial charge in [-0.1, -0.05) is 90.1 Å². The van der Waals surface area contributed by atoms with Gasteiger partial charge in [0.15, 0.2) is 8.32 Å². The zero-order valence-corrected chi connectivity index (χ0v) is 24.9. The topological polar surface area (TPSA) is 27.7 Å². The van der Waals surface area contributed by atoms with E-state index in [9.17, 15) is 0 Å². The van der Waals surface area contributed by atoms with Crippen LogP contribution < -0.4 is 4.74 Å². The Morgan fingerprint density at radius 3 is 2.05 bits per heavy atom. The summed E-state index contributed by atoms with van der Waals surface area (Å²) in [5.41, 5.74) is 4.18. The Bertz CT molecular complexity index is 1180. The zero-order valence-electron chi connectivity index (χ0n) is 23.9. The molecule has 37 heavy (non-hydrogen) atoms. The molecule has 0 fully saturated rings. The van der Waals surface area contributed by atoms with Crippen LogP contribution in [0.5, 0.6) is 5.75 Å². The van der Waals surface area contributed by atoms with Gasteiger partial charge in [-0.25, -0.2) is 4.39 Å². The number of methoxy groups -OCH3 is 1. The number of rotatable bonds is 9. The molecule has 0 aliphatic carbocycles. The normalized spacial score (nSPS) is 13.5. The van der Waals surface area contributed by atoms with Crippen molar-refractivity contribution in [2.45, 2.75) is 79.0 Å². The Balaban J connectivity index is 2.09. The highest BCUT2D eigenvalue weighted by Crippen LogP contribution is 2.43. The van der Waals surface area contributed by atoms with Crippen molar-refractivity contribution < 1.29 is 18.3 Å². The molecule has 3 nitrogen and oxygen atoms in total. The van der Waals surface area contributed by atoms with Gasteiger partial charge in [0, 0.05) is 5.56 Å². The fourth-order valence-corrected chi connectivity index (χ4v) is 5.00. The molecule has 3 rings (SSSR count). The Morgan fingerprint density at radius 1 is 0.784 bits per heavy atom. The van der Waals surface area contributed by atoms with Gasteiger partial charge in [0.05, 0.1) is 26.4 Å². The van der Waals surface area contributed by atoms with Gasteiger partial charge in [-0.2, -0.15) is 0 Å². The number of ether oxygens (including phenoxy) is 2. The summed E-state index contributed by atoms with van der Waals surface area (Å²) < 4.78 is 33.8. The van der Waals surface area contributed by atoms with Gasteiger partial charge >= 0.3 is 0 Å². The molecule has 0 aromatic heterocycles. The van der Waals surface area contributed by atoms with Crippen molar-refractivity contribution in [3.8, 4) is 16.9 Å². The van der Waals surface area contributed by atoms with Gasteiger partial charge in [-0.05, 0) is 64.0 Å². The van der Waals surface area contributed by atoms with E-state index in [0.29, 0.717) is 24.5 Å². The summed E-state index contributed by atoms with van der Waals surface area (Å²) in [7, 11) is -0.337. The first-order valence-corrected chi connectivity index (χ1v) is 15.9. The lowest BCUT2D eigenvalue weighted by atomic mass is 9.81. The standard InChI is InChI=1S/C32H43FO3Si/c1-31(2,3)30(35-21-23-13-11-10-12-14-23)28-19-24(22-36-37(8,9)32(4,5)6)15-17-26(28)27-20-25(34-7)16-18-29(27)33/h10-20,30H,21-22H2,1-9H3/t30-/m1/s1. The van der Waals surface area contributed by atoms with Crippen molar-refractivity contribution in [3.05, 3.63) is 89.2 Å². The molecule has 0 aliphatic heterocycles. The summed E-state index contributed by atoms with van der Waals surface area (Å²) in [6.45, 7) is 18.7. The van der Waals surface area contributed by atoms with E-state index in [-0.39, 0.29) is 22.4 Å². The largest absolute Gasteiger partial charge is 0.497 e. The molecule has 0 saturated carbocycles. The Morgan fingerprint density at radius 2 is 1.46 bits per heavy atom. The maximum Gasteiger partial charge on any atom is 0.192 e. The van der Waals surface area contributed by atoms with Crippen molar-refractivity contribution in [1.29, 1.82) is 0 Å². The molecule has 0 aliphatic rings. The van der Waals surface area contributed by atoms with Crippen LogP contribution in [0.2, 0.25) is 18.1 Å². The fraction of sp³-hybridized carbons (Fsp3) is 0.438. The van der Waals surface area contributed by atoms with Crippen LogP contribution in [0.3, 0.4) is 0 Å². The number of hydrogen-bond acceptors (Lipinski definition) is 3. The molecule has 0 unspecified atom stereocenters. The maximum atomic E-state index is 15.2. The summed E-state index contributed by atoms with van der Waals surface area (Å²) in [5.74, 6) is 0.327. The molecule has 200 valence electrons. The van der Waals surface area contributed by atoms with E-state index in [4.69, 9.17) is 13.9 Å². The van der Waals surface area contributed by atoms with Crippen molar-refractivity contribution in [3.63, 3.8) is 0 Å². The number of benzene rings is 3. The van der Waals surface area contributed by atoms with Crippen LogP contribution in [-0.4, -0.2) is 15.4 Å². The average molecular weight is 523 g/mol. The Labute approximate surface area is 224 Å². The quantitative estimate of drug-likeness (QED) is 0.262. The highest BCUT2D eigenvalue weighted by molar-refractivity contribution is 6.74. The van der Waals surface area contributed by atoms with Gasteiger partial charge < -0.3 is 13.9 Å². The molecule has 0 bridgehead atoms. The summed E-state index contributed by atoms with van der Waals surface area (Å²) in [6.07, 6.45) is -0.277. The van der Waals surface area contributed by atoms with Crippen molar-refractivity contribution >= 4 is 8.32 Å². The summed E-state index contributed by atoms with van der Waals surface area (Å²) in [5, 5.41) is 0.117. The highest BCUT2D eigenvalue weighted by atomic mass is 28.4. The molecular weight excluding hydrogens is 479 g/mol. The van der Waals surface area contributed by atoms with E-state index < -0.39 is 8.32 Å². The molecule has 1 atom stereocenters. The lowest BCUT2D eigenvalue weighted by Crippen LogP contribution is -2.40. The van der Waals surface area contributed by atoms with Gasteiger partial charge in [-0.15, -0.1) is 0 Å². The van der Waals surface area contributed by atoms with Crippen LogP contribution >= 0.6 is 0 Å². The third kappa shape index (κ3) is 7.31. The summed E-state index contributed by atoms with van der Waals surface area (Å²) in [4.78, 5) is 0. The predicted molar refractivity (Wildman–Crippen MR) is 154 cm³/mol. The smallest absolute Gasteiger partial charge is 0.192 e. The van der Waals surface area contributed by atoms with Crippen LogP contribution in [0.4, 0.5) is 4.39 Å². The number of halogens is 1. The van der Waals surface area contributed by atoms with E-state index in [1.807, 2.05) is 30.3 Å². The van der Waals surface area contributed by atoms with Crippen LogP contribution in [0, 0.1) is 11.2 Å². The third-order valence-electron chi connectivity index (χ3n) is 7.31. The molecule has 0 heterocycles. The van der Waals surface area contributed by atoms with Crippen LogP contribution in [0.25, 0.3) is 11.1 Å². The molecule has 3 aromatic rings. The van der Waals surface area contributed by atoms with Gasteiger partial charge in [0.25, 0.3) is 0 Å².